The summed E-state index contributed by atoms with van der Waals surface area (Å²) in [5.41, 5.74) is 2.08. The lowest BCUT2D eigenvalue weighted by Crippen LogP contribution is -2.28. The van der Waals surface area contributed by atoms with Gasteiger partial charge in [-0.2, -0.15) is 5.10 Å². The predicted octanol–water partition coefficient (Wildman–Crippen LogP) is 1.30. The molecule has 0 aliphatic rings. The van der Waals surface area contributed by atoms with Crippen molar-refractivity contribution in [3.63, 3.8) is 0 Å². The van der Waals surface area contributed by atoms with Gasteiger partial charge in [0.2, 0.25) is 0 Å². The van der Waals surface area contributed by atoms with Crippen LogP contribution in [-0.2, 0) is 9.84 Å². The average Bonchev–Trinajstić information content (AvgIpc) is 2.97. The summed E-state index contributed by atoms with van der Waals surface area (Å²) in [6.07, 6.45) is 4.41. The van der Waals surface area contributed by atoms with Gasteiger partial charge < -0.3 is 0 Å². The molecule has 7 heteroatoms. The van der Waals surface area contributed by atoms with E-state index in [4.69, 9.17) is 0 Å². The molecule has 114 valence electrons. The van der Waals surface area contributed by atoms with Gasteiger partial charge in [-0.15, -0.1) is 0 Å². The fraction of sp³-hybridized carbons (Fsp3) is 0.429. The first-order valence-electron chi connectivity index (χ1n) is 6.70. The summed E-state index contributed by atoms with van der Waals surface area (Å²) in [5, 5.41) is 4.08. The second-order valence-electron chi connectivity index (χ2n) is 5.22. The van der Waals surface area contributed by atoms with E-state index in [1.54, 1.807) is 11.0 Å². The smallest absolute Gasteiger partial charge is 0.148 e. The van der Waals surface area contributed by atoms with Gasteiger partial charge in [-0.1, -0.05) is 12.1 Å². The molecule has 0 saturated heterocycles. The molecule has 0 saturated carbocycles. The molecule has 1 heterocycles. The summed E-state index contributed by atoms with van der Waals surface area (Å²) in [7, 11) is -1.000. The van der Waals surface area contributed by atoms with Crippen LogP contribution in [0.5, 0.6) is 0 Å². The van der Waals surface area contributed by atoms with Crippen LogP contribution in [0.15, 0.2) is 36.9 Å². The Balaban J connectivity index is 2.04. The molecular weight excluding hydrogens is 288 g/mol. The highest BCUT2D eigenvalue weighted by molar-refractivity contribution is 7.90. The second-order valence-corrected chi connectivity index (χ2v) is 7.48. The van der Waals surface area contributed by atoms with Crippen molar-refractivity contribution in [2.75, 3.05) is 25.6 Å². The molecule has 0 radical (unpaired) electrons. The number of sulfone groups is 1. The number of hydrogen-bond acceptors (Lipinski definition) is 5. The van der Waals surface area contributed by atoms with E-state index in [0.717, 1.165) is 11.3 Å². The highest BCUT2D eigenvalue weighted by Gasteiger charge is 2.13. The zero-order valence-electron chi connectivity index (χ0n) is 12.5. The molecule has 21 heavy (non-hydrogen) atoms. The molecule has 1 aromatic carbocycles. The molecule has 0 fully saturated rings. The van der Waals surface area contributed by atoms with E-state index in [1.165, 1.54) is 12.6 Å². The van der Waals surface area contributed by atoms with Crippen molar-refractivity contribution in [2.24, 2.45) is 0 Å². The van der Waals surface area contributed by atoms with E-state index < -0.39 is 9.84 Å². The van der Waals surface area contributed by atoms with Crippen LogP contribution in [0.2, 0.25) is 0 Å². The normalized spacial score (nSPS) is 13.5. The molecule has 0 aliphatic heterocycles. The molecule has 1 aromatic heterocycles. The van der Waals surface area contributed by atoms with Gasteiger partial charge in [0, 0.05) is 18.8 Å². The van der Waals surface area contributed by atoms with E-state index in [1.807, 2.05) is 36.2 Å². The molecule has 1 atom stereocenters. The number of hydrogen-bond donors (Lipinski definition) is 0. The van der Waals surface area contributed by atoms with Crippen molar-refractivity contribution in [1.82, 2.24) is 19.7 Å². The van der Waals surface area contributed by atoms with Crippen molar-refractivity contribution in [3.8, 4) is 5.69 Å². The fourth-order valence-electron chi connectivity index (χ4n) is 2.01. The summed E-state index contributed by atoms with van der Waals surface area (Å²) >= 11 is 0. The van der Waals surface area contributed by atoms with Gasteiger partial charge in [-0.3, -0.25) is 4.90 Å². The summed E-state index contributed by atoms with van der Waals surface area (Å²) < 4.78 is 24.2. The fourth-order valence-corrected chi connectivity index (χ4v) is 2.62. The summed E-state index contributed by atoms with van der Waals surface area (Å²) in [6.45, 7) is 2.58. The highest BCUT2D eigenvalue weighted by Crippen LogP contribution is 2.20. The van der Waals surface area contributed by atoms with Gasteiger partial charge in [0.1, 0.15) is 22.5 Å². The maximum Gasteiger partial charge on any atom is 0.148 e. The third kappa shape index (κ3) is 4.37. The van der Waals surface area contributed by atoms with E-state index in [-0.39, 0.29) is 11.8 Å². The topological polar surface area (TPSA) is 68.1 Å². The van der Waals surface area contributed by atoms with Crippen LogP contribution in [-0.4, -0.2) is 53.7 Å². The lowest BCUT2D eigenvalue weighted by molar-refractivity contribution is 0.276. The molecule has 6 nitrogen and oxygen atoms in total. The van der Waals surface area contributed by atoms with Crippen molar-refractivity contribution >= 4 is 9.84 Å². The third-order valence-electron chi connectivity index (χ3n) is 3.53. The van der Waals surface area contributed by atoms with E-state index in [0.29, 0.717) is 6.54 Å². The first kappa shape index (κ1) is 15.7. The Morgan fingerprint density at radius 3 is 2.48 bits per heavy atom. The number of benzene rings is 1. The molecular formula is C14H20N4O2S. The molecule has 0 amide bonds. The quantitative estimate of drug-likeness (QED) is 0.805. The SMILES string of the molecule is C[C@H](c1ccc(-n2cncn2)cc1)N(C)CCS(C)(=O)=O. The monoisotopic (exact) mass is 308 g/mol. The van der Waals surface area contributed by atoms with E-state index in [9.17, 15) is 8.42 Å². The minimum absolute atomic E-state index is 0.150. The second kappa shape index (κ2) is 6.36. The lowest BCUT2D eigenvalue weighted by Gasteiger charge is -2.24. The Hall–Kier alpha value is -1.73. The first-order chi connectivity index (χ1) is 9.87. The Morgan fingerprint density at radius 1 is 1.29 bits per heavy atom. The van der Waals surface area contributed by atoms with Crippen LogP contribution in [0.4, 0.5) is 0 Å². The molecule has 2 rings (SSSR count). The molecule has 0 aliphatic carbocycles. The van der Waals surface area contributed by atoms with Gasteiger partial charge >= 0.3 is 0 Å². The standard InChI is InChI=1S/C14H20N4O2S/c1-12(17(2)8-9-21(3,19)20)13-4-6-14(7-5-13)18-11-15-10-16-18/h4-7,10-12H,8-9H2,1-3H3/t12-/m1/s1. The van der Waals surface area contributed by atoms with Crippen LogP contribution in [0.3, 0.4) is 0 Å². The minimum atomic E-state index is -2.93. The van der Waals surface area contributed by atoms with Crippen molar-refractivity contribution in [2.45, 2.75) is 13.0 Å². The van der Waals surface area contributed by atoms with Crippen LogP contribution in [0.1, 0.15) is 18.5 Å². The number of nitrogens with zero attached hydrogens (tertiary/aromatic N) is 4. The number of rotatable bonds is 6. The molecule has 2 aromatic rings. The van der Waals surface area contributed by atoms with Crippen LogP contribution < -0.4 is 0 Å². The zero-order valence-corrected chi connectivity index (χ0v) is 13.3. The van der Waals surface area contributed by atoms with Gasteiger partial charge in [0.05, 0.1) is 11.4 Å². The first-order valence-corrected chi connectivity index (χ1v) is 8.76. The van der Waals surface area contributed by atoms with E-state index in [2.05, 4.69) is 17.0 Å². The van der Waals surface area contributed by atoms with Crippen molar-refractivity contribution in [3.05, 3.63) is 42.5 Å². The predicted molar refractivity (Wildman–Crippen MR) is 82.1 cm³/mol. The van der Waals surface area contributed by atoms with Gasteiger partial charge in [0.15, 0.2) is 0 Å². The van der Waals surface area contributed by atoms with Crippen LogP contribution in [0.25, 0.3) is 5.69 Å². The molecule has 0 unspecified atom stereocenters. The summed E-state index contributed by atoms with van der Waals surface area (Å²) in [5.74, 6) is 0.172. The van der Waals surface area contributed by atoms with E-state index >= 15 is 0 Å². The Kier molecular flexibility index (Phi) is 4.74. The van der Waals surface area contributed by atoms with Crippen LogP contribution in [0, 0.1) is 0 Å². The largest absolute Gasteiger partial charge is 0.299 e. The Morgan fingerprint density at radius 2 is 1.95 bits per heavy atom. The van der Waals surface area contributed by atoms with Crippen molar-refractivity contribution in [1.29, 1.82) is 0 Å². The molecule has 0 N–H and O–H groups in total. The summed E-state index contributed by atoms with van der Waals surface area (Å²) in [6, 6.07) is 8.16. The third-order valence-corrected chi connectivity index (χ3v) is 4.46. The lowest BCUT2D eigenvalue weighted by atomic mass is 10.1. The average molecular weight is 308 g/mol. The maximum absolute atomic E-state index is 11.2. The summed E-state index contributed by atoms with van der Waals surface area (Å²) in [4.78, 5) is 5.95. The zero-order chi connectivity index (χ0) is 15.5. The molecule has 0 bridgehead atoms. The van der Waals surface area contributed by atoms with Crippen molar-refractivity contribution < 1.29 is 8.42 Å². The Labute approximate surface area is 125 Å². The van der Waals surface area contributed by atoms with Crippen LogP contribution >= 0.6 is 0 Å². The maximum atomic E-state index is 11.2. The Bertz CT molecular complexity index is 666. The number of aromatic nitrogens is 3. The molecule has 0 spiro atoms. The minimum Gasteiger partial charge on any atom is -0.299 e. The van der Waals surface area contributed by atoms with Gasteiger partial charge in [-0.25, -0.2) is 18.1 Å². The van der Waals surface area contributed by atoms with Gasteiger partial charge in [0.25, 0.3) is 0 Å². The highest BCUT2D eigenvalue weighted by atomic mass is 32.2. The van der Waals surface area contributed by atoms with Gasteiger partial charge in [-0.05, 0) is 31.7 Å².